The molecule has 3 heteroatoms. The zero-order chi connectivity index (χ0) is 12.8. The molecule has 1 aromatic carbocycles. The van der Waals surface area contributed by atoms with Crippen molar-refractivity contribution >= 4 is 11.6 Å². The molecule has 0 bridgehead atoms. The van der Waals surface area contributed by atoms with Crippen molar-refractivity contribution in [2.24, 2.45) is 0 Å². The van der Waals surface area contributed by atoms with Crippen LogP contribution in [-0.2, 0) is 6.54 Å². The summed E-state index contributed by atoms with van der Waals surface area (Å²) in [5.74, 6) is 0. The van der Waals surface area contributed by atoms with Crippen LogP contribution < -0.4 is 5.32 Å². The maximum Gasteiger partial charge on any atom is 0.0451 e. The molecule has 1 aromatic rings. The molecule has 0 aromatic heterocycles. The van der Waals surface area contributed by atoms with E-state index in [1.54, 1.807) is 0 Å². The highest BCUT2D eigenvalue weighted by Gasteiger charge is 2.13. The van der Waals surface area contributed by atoms with Gasteiger partial charge in [-0.2, -0.15) is 0 Å². The van der Waals surface area contributed by atoms with Crippen molar-refractivity contribution in [3.8, 4) is 0 Å². The minimum atomic E-state index is 0.763. The van der Waals surface area contributed by atoms with Crippen LogP contribution in [0.3, 0.4) is 0 Å². The molecule has 0 heterocycles. The second kappa shape index (κ2) is 7.13. The first-order chi connectivity index (χ1) is 8.75. The lowest BCUT2D eigenvalue weighted by atomic mass is 10.2. The van der Waals surface area contributed by atoms with Crippen molar-refractivity contribution in [3.63, 3.8) is 0 Å². The van der Waals surface area contributed by atoms with Crippen LogP contribution >= 0.6 is 11.6 Å². The Morgan fingerprint density at radius 2 is 2.00 bits per heavy atom. The Balaban J connectivity index is 1.68. The Bertz CT molecular complexity index is 361. The van der Waals surface area contributed by atoms with Crippen LogP contribution in [0.15, 0.2) is 24.3 Å². The van der Waals surface area contributed by atoms with Crippen molar-refractivity contribution in [1.82, 2.24) is 10.2 Å². The number of benzene rings is 1. The van der Waals surface area contributed by atoms with E-state index in [0.717, 1.165) is 30.7 Å². The molecule has 2 nitrogen and oxygen atoms in total. The Hall–Kier alpha value is -0.570. The van der Waals surface area contributed by atoms with Crippen LogP contribution in [0.5, 0.6) is 0 Å². The largest absolute Gasteiger partial charge is 0.313 e. The summed E-state index contributed by atoms with van der Waals surface area (Å²) in [6.07, 6.45) is 5.50. The topological polar surface area (TPSA) is 15.3 Å². The molecular formula is C15H23ClN2. The number of hydrogen-bond acceptors (Lipinski definition) is 2. The molecule has 0 radical (unpaired) electrons. The zero-order valence-corrected chi connectivity index (χ0v) is 11.9. The molecule has 2 rings (SSSR count). The zero-order valence-electron chi connectivity index (χ0n) is 11.2. The first kappa shape index (κ1) is 13.9. The van der Waals surface area contributed by atoms with Gasteiger partial charge >= 0.3 is 0 Å². The van der Waals surface area contributed by atoms with Crippen LogP contribution in [0, 0.1) is 0 Å². The average Bonchev–Trinajstić information content (AvgIpc) is 2.85. The highest BCUT2D eigenvalue weighted by molar-refractivity contribution is 6.31. The molecule has 0 unspecified atom stereocenters. The van der Waals surface area contributed by atoms with E-state index in [2.05, 4.69) is 23.3 Å². The third-order valence-electron chi connectivity index (χ3n) is 3.68. The minimum Gasteiger partial charge on any atom is -0.313 e. The van der Waals surface area contributed by atoms with Gasteiger partial charge in [-0.05, 0) is 31.5 Å². The molecule has 0 aliphatic heterocycles. The highest BCUT2D eigenvalue weighted by Crippen LogP contribution is 2.18. The Morgan fingerprint density at radius 3 is 2.72 bits per heavy atom. The molecule has 1 N–H and O–H groups in total. The molecule has 100 valence electrons. The Kier molecular flexibility index (Phi) is 5.48. The molecule has 18 heavy (non-hydrogen) atoms. The second-order valence-electron chi connectivity index (χ2n) is 5.26. The predicted octanol–water partition coefficient (Wildman–Crippen LogP) is 3.30. The number of likely N-dealkylation sites (N-methyl/N-ethyl adjacent to an activating group) is 1. The van der Waals surface area contributed by atoms with Gasteiger partial charge in [0.2, 0.25) is 0 Å². The van der Waals surface area contributed by atoms with Gasteiger partial charge in [0.05, 0.1) is 0 Å². The molecule has 1 fully saturated rings. The Labute approximate surface area is 115 Å². The van der Waals surface area contributed by atoms with Gasteiger partial charge < -0.3 is 10.2 Å². The fourth-order valence-corrected chi connectivity index (χ4v) is 2.78. The van der Waals surface area contributed by atoms with Crippen LogP contribution in [-0.4, -0.2) is 31.1 Å². The van der Waals surface area contributed by atoms with E-state index in [1.807, 2.05) is 18.2 Å². The lowest BCUT2D eigenvalue weighted by Crippen LogP contribution is -2.34. The van der Waals surface area contributed by atoms with E-state index >= 15 is 0 Å². The molecule has 0 saturated heterocycles. The highest BCUT2D eigenvalue weighted by atomic mass is 35.5. The smallest absolute Gasteiger partial charge is 0.0451 e. The van der Waals surface area contributed by atoms with Crippen molar-refractivity contribution in [1.29, 1.82) is 0 Å². The molecule has 0 atom stereocenters. The second-order valence-corrected chi connectivity index (χ2v) is 5.67. The first-order valence-electron chi connectivity index (χ1n) is 6.91. The van der Waals surface area contributed by atoms with Crippen molar-refractivity contribution in [3.05, 3.63) is 34.9 Å². The molecule has 0 amide bonds. The summed E-state index contributed by atoms with van der Waals surface area (Å²) in [6.45, 7) is 3.07. The molecule has 0 spiro atoms. The number of halogens is 1. The summed E-state index contributed by atoms with van der Waals surface area (Å²) < 4.78 is 0. The summed E-state index contributed by atoms with van der Waals surface area (Å²) in [7, 11) is 2.15. The van der Waals surface area contributed by atoms with E-state index < -0.39 is 0 Å². The predicted molar refractivity (Wildman–Crippen MR) is 78.0 cm³/mol. The average molecular weight is 267 g/mol. The van der Waals surface area contributed by atoms with Crippen LogP contribution in [0.2, 0.25) is 5.02 Å². The summed E-state index contributed by atoms with van der Waals surface area (Å²) in [4.78, 5) is 2.32. The lowest BCUT2D eigenvalue weighted by Gasteiger charge is -2.19. The van der Waals surface area contributed by atoms with E-state index in [9.17, 15) is 0 Å². The molecule has 1 saturated carbocycles. The van der Waals surface area contributed by atoms with Gasteiger partial charge in [-0.15, -0.1) is 0 Å². The summed E-state index contributed by atoms with van der Waals surface area (Å²) in [5.41, 5.74) is 1.21. The SMILES string of the molecule is CN(CCNC1CCCC1)Cc1ccccc1Cl. The van der Waals surface area contributed by atoms with Gasteiger partial charge in [0.15, 0.2) is 0 Å². The van der Waals surface area contributed by atoms with E-state index in [0.29, 0.717) is 0 Å². The van der Waals surface area contributed by atoms with Crippen LogP contribution in [0.25, 0.3) is 0 Å². The van der Waals surface area contributed by atoms with Crippen molar-refractivity contribution in [2.75, 3.05) is 20.1 Å². The normalized spacial score (nSPS) is 16.6. The van der Waals surface area contributed by atoms with Gasteiger partial charge in [0.1, 0.15) is 0 Å². The maximum absolute atomic E-state index is 6.16. The quantitative estimate of drug-likeness (QED) is 0.850. The third-order valence-corrected chi connectivity index (χ3v) is 4.05. The van der Waals surface area contributed by atoms with Gasteiger partial charge in [-0.1, -0.05) is 42.6 Å². The van der Waals surface area contributed by atoms with Gasteiger partial charge in [0.25, 0.3) is 0 Å². The van der Waals surface area contributed by atoms with Gasteiger partial charge in [-0.25, -0.2) is 0 Å². The third kappa shape index (κ3) is 4.27. The number of nitrogens with one attached hydrogen (secondary N) is 1. The van der Waals surface area contributed by atoms with E-state index in [-0.39, 0.29) is 0 Å². The van der Waals surface area contributed by atoms with Crippen molar-refractivity contribution in [2.45, 2.75) is 38.3 Å². The lowest BCUT2D eigenvalue weighted by molar-refractivity contribution is 0.316. The summed E-state index contributed by atoms with van der Waals surface area (Å²) in [5, 5.41) is 4.51. The van der Waals surface area contributed by atoms with Gasteiger partial charge in [-0.3, -0.25) is 0 Å². The van der Waals surface area contributed by atoms with Crippen LogP contribution in [0.1, 0.15) is 31.2 Å². The molecule has 1 aliphatic rings. The van der Waals surface area contributed by atoms with E-state index in [1.165, 1.54) is 31.2 Å². The molecule has 1 aliphatic carbocycles. The number of rotatable bonds is 6. The van der Waals surface area contributed by atoms with Crippen LogP contribution in [0.4, 0.5) is 0 Å². The first-order valence-corrected chi connectivity index (χ1v) is 7.29. The Morgan fingerprint density at radius 1 is 1.28 bits per heavy atom. The fourth-order valence-electron chi connectivity index (χ4n) is 2.59. The summed E-state index contributed by atoms with van der Waals surface area (Å²) >= 11 is 6.16. The molecular weight excluding hydrogens is 244 g/mol. The number of hydrogen-bond donors (Lipinski definition) is 1. The standard InChI is InChI=1S/C15H23ClN2/c1-18(11-10-17-14-7-3-4-8-14)12-13-6-2-5-9-15(13)16/h2,5-6,9,14,17H,3-4,7-8,10-12H2,1H3. The number of nitrogens with zero attached hydrogens (tertiary/aromatic N) is 1. The minimum absolute atomic E-state index is 0.763. The maximum atomic E-state index is 6.16. The van der Waals surface area contributed by atoms with E-state index in [4.69, 9.17) is 11.6 Å². The summed E-state index contributed by atoms with van der Waals surface area (Å²) in [6, 6.07) is 8.85. The van der Waals surface area contributed by atoms with Crippen molar-refractivity contribution < 1.29 is 0 Å². The fraction of sp³-hybridized carbons (Fsp3) is 0.600. The van der Waals surface area contributed by atoms with Gasteiger partial charge in [0, 0.05) is 30.7 Å². The monoisotopic (exact) mass is 266 g/mol.